The average Bonchev–Trinajstić information content (AvgIpc) is 3.32. The van der Waals surface area contributed by atoms with Crippen molar-refractivity contribution < 1.29 is 17.7 Å². The van der Waals surface area contributed by atoms with Gasteiger partial charge in [0.15, 0.2) is 9.84 Å². The molecule has 1 amide bonds. The minimum atomic E-state index is -3.10. The number of benzene rings is 1. The van der Waals surface area contributed by atoms with Crippen LogP contribution in [0.2, 0.25) is 0 Å². The first kappa shape index (κ1) is 21.5. The molecule has 0 spiro atoms. The van der Waals surface area contributed by atoms with E-state index in [-0.39, 0.29) is 29.2 Å². The van der Waals surface area contributed by atoms with Crippen molar-refractivity contribution in [3.8, 4) is 11.3 Å². The Balaban J connectivity index is 1.81. The maximum absolute atomic E-state index is 13.2. The van der Waals surface area contributed by atoms with E-state index < -0.39 is 9.84 Å². The molecule has 7 nitrogen and oxygen atoms in total. The molecule has 0 aliphatic carbocycles. The lowest BCUT2D eigenvalue weighted by atomic mass is 10.1. The van der Waals surface area contributed by atoms with Crippen molar-refractivity contribution in [3.05, 3.63) is 41.7 Å². The van der Waals surface area contributed by atoms with Crippen LogP contribution in [0.25, 0.3) is 11.3 Å². The maximum Gasteiger partial charge on any atom is 0.292 e. The summed E-state index contributed by atoms with van der Waals surface area (Å²) in [5, 5.41) is 4.05. The molecule has 3 rings (SSSR count). The quantitative estimate of drug-likeness (QED) is 0.654. The number of aromatic nitrogens is 1. The van der Waals surface area contributed by atoms with Crippen LogP contribution in [0.4, 0.5) is 0 Å². The van der Waals surface area contributed by atoms with Crippen LogP contribution in [-0.4, -0.2) is 73.0 Å². The molecule has 1 aliphatic rings. The zero-order chi connectivity index (χ0) is 21.0. The highest BCUT2D eigenvalue weighted by atomic mass is 32.2. The van der Waals surface area contributed by atoms with E-state index in [2.05, 4.69) is 23.9 Å². The van der Waals surface area contributed by atoms with Gasteiger partial charge in [0, 0.05) is 30.8 Å². The van der Waals surface area contributed by atoms with Crippen molar-refractivity contribution in [2.45, 2.75) is 33.2 Å². The van der Waals surface area contributed by atoms with Gasteiger partial charge in [-0.15, -0.1) is 0 Å². The summed E-state index contributed by atoms with van der Waals surface area (Å²) in [7, 11) is -3.10. The van der Waals surface area contributed by atoms with Crippen LogP contribution in [0.1, 0.15) is 36.4 Å². The lowest BCUT2D eigenvalue weighted by Gasteiger charge is -2.30. The number of carbonyl (C=O) groups is 1. The van der Waals surface area contributed by atoms with Gasteiger partial charge >= 0.3 is 0 Å². The van der Waals surface area contributed by atoms with E-state index in [0.717, 1.165) is 24.2 Å². The minimum absolute atomic E-state index is 0.00987. The van der Waals surface area contributed by atoms with Crippen LogP contribution >= 0.6 is 0 Å². The molecule has 0 radical (unpaired) electrons. The van der Waals surface area contributed by atoms with Gasteiger partial charge in [0.1, 0.15) is 5.69 Å². The topological polar surface area (TPSA) is 83.7 Å². The predicted molar refractivity (Wildman–Crippen MR) is 113 cm³/mol. The summed E-state index contributed by atoms with van der Waals surface area (Å²) in [5.41, 5.74) is 2.60. The first-order valence-corrected chi connectivity index (χ1v) is 11.9. The zero-order valence-corrected chi connectivity index (χ0v) is 18.1. The second-order valence-electron chi connectivity index (χ2n) is 7.52. The number of hydrogen-bond donors (Lipinski definition) is 0. The number of sulfone groups is 1. The molecule has 1 aliphatic heterocycles. The normalized spacial score (nSPS) is 18.3. The first-order chi connectivity index (χ1) is 13.8. The van der Waals surface area contributed by atoms with Crippen molar-refractivity contribution in [1.29, 1.82) is 0 Å². The van der Waals surface area contributed by atoms with Crippen LogP contribution in [-0.2, 0) is 9.84 Å². The van der Waals surface area contributed by atoms with E-state index in [0.29, 0.717) is 25.2 Å². The highest BCUT2D eigenvalue weighted by Crippen LogP contribution is 2.23. The van der Waals surface area contributed by atoms with Gasteiger partial charge in [-0.05, 0) is 26.4 Å². The Labute approximate surface area is 172 Å². The van der Waals surface area contributed by atoms with Gasteiger partial charge in [-0.3, -0.25) is 4.79 Å². The van der Waals surface area contributed by atoms with E-state index in [1.54, 1.807) is 11.0 Å². The van der Waals surface area contributed by atoms with Crippen molar-refractivity contribution in [1.82, 2.24) is 15.0 Å². The number of carbonyl (C=O) groups excluding carboxylic acids is 1. The fourth-order valence-electron chi connectivity index (χ4n) is 3.64. The van der Waals surface area contributed by atoms with Gasteiger partial charge in [0.2, 0.25) is 5.76 Å². The monoisotopic (exact) mass is 419 g/mol. The molecule has 1 aromatic carbocycles. The third-order valence-electron chi connectivity index (χ3n) is 5.53. The predicted octanol–water partition coefficient (Wildman–Crippen LogP) is 2.62. The Hall–Kier alpha value is -2.19. The molecule has 1 atom stereocenters. The molecule has 158 valence electrons. The highest BCUT2D eigenvalue weighted by Gasteiger charge is 2.36. The van der Waals surface area contributed by atoms with Crippen molar-refractivity contribution in [3.63, 3.8) is 0 Å². The summed E-state index contributed by atoms with van der Waals surface area (Å²) in [6.45, 7) is 9.04. The maximum atomic E-state index is 13.2. The summed E-state index contributed by atoms with van der Waals surface area (Å²) >= 11 is 0. The number of amides is 1. The second-order valence-corrected chi connectivity index (χ2v) is 9.75. The Bertz CT molecular complexity index is 933. The van der Waals surface area contributed by atoms with E-state index >= 15 is 0 Å². The highest BCUT2D eigenvalue weighted by molar-refractivity contribution is 7.91. The SMILES string of the molecule is CCN(CC)CCN(C(=O)c1cc(-c2ccc(C)cc2)no1)C1CCS(=O)(=O)C1. The number of nitrogens with zero attached hydrogens (tertiary/aromatic N) is 3. The van der Waals surface area contributed by atoms with Crippen LogP contribution in [0.5, 0.6) is 0 Å². The van der Waals surface area contributed by atoms with Crippen LogP contribution in [0.3, 0.4) is 0 Å². The third kappa shape index (κ3) is 5.25. The standard InChI is InChI=1S/C21H29N3O4S/c1-4-23(5-2)11-12-24(18-10-13-29(26,27)15-18)21(25)20-14-19(22-28-20)17-8-6-16(3)7-9-17/h6-9,14,18H,4-5,10-13,15H2,1-3H3. The minimum Gasteiger partial charge on any atom is -0.350 e. The van der Waals surface area contributed by atoms with E-state index in [4.69, 9.17) is 4.52 Å². The van der Waals surface area contributed by atoms with Gasteiger partial charge in [-0.1, -0.05) is 48.8 Å². The van der Waals surface area contributed by atoms with Crippen LogP contribution < -0.4 is 0 Å². The molecule has 0 N–H and O–H groups in total. The van der Waals surface area contributed by atoms with E-state index in [1.807, 2.05) is 31.2 Å². The Morgan fingerprint density at radius 3 is 2.45 bits per heavy atom. The Morgan fingerprint density at radius 1 is 1.17 bits per heavy atom. The fraction of sp³-hybridized carbons (Fsp3) is 0.524. The molecular formula is C21H29N3O4S. The smallest absolute Gasteiger partial charge is 0.292 e. The van der Waals surface area contributed by atoms with Crippen LogP contribution in [0, 0.1) is 6.92 Å². The lowest BCUT2D eigenvalue weighted by molar-refractivity contribution is 0.0632. The average molecular weight is 420 g/mol. The third-order valence-corrected chi connectivity index (χ3v) is 7.28. The first-order valence-electron chi connectivity index (χ1n) is 10.1. The van der Waals surface area contributed by atoms with Crippen molar-refractivity contribution in [2.75, 3.05) is 37.7 Å². The Morgan fingerprint density at radius 2 is 1.86 bits per heavy atom. The summed E-state index contributed by atoms with van der Waals surface area (Å²) in [6.07, 6.45) is 0.464. The molecule has 0 bridgehead atoms. The summed E-state index contributed by atoms with van der Waals surface area (Å²) in [4.78, 5) is 17.1. The molecule has 29 heavy (non-hydrogen) atoms. The summed E-state index contributed by atoms with van der Waals surface area (Å²) in [6, 6.07) is 9.14. The number of hydrogen-bond acceptors (Lipinski definition) is 6. The zero-order valence-electron chi connectivity index (χ0n) is 17.3. The van der Waals surface area contributed by atoms with E-state index in [9.17, 15) is 13.2 Å². The largest absolute Gasteiger partial charge is 0.350 e. The van der Waals surface area contributed by atoms with Gasteiger partial charge in [0.25, 0.3) is 5.91 Å². The molecule has 0 saturated carbocycles. The van der Waals surface area contributed by atoms with Gasteiger partial charge in [0.05, 0.1) is 11.5 Å². The number of rotatable bonds is 8. The number of likely N-dealkylation sites (N-methyl/N-ethyl adjacent to an activating group) is 1. The molecule has 1 aromatic heterocycles. The molecule has 2 heterocycles. The van der Waals surface area contributed by atoms with E-state index in [1.165, 1.54) is 0 Å². The fourth-order valence-corrected chi connectivity index (χ4v) is 5.37. The molecule has 8 heteroatoms. The molecule has 2 aromatic rings. The molecular weight excluding hydrogens is 390 g/mol. The molecule has 1 saturated heterocycles. The summed E-state index contributed by atoms with van der Waals surface area (Å²) < 4.78 is 29.3. The molecule has 1 fully saturated rings. The van der Waals surface area contributed by atoms with Crippen molar-refractivity contribution >= 4 is 15.7 Å². The van der Waals surface area contributed by atoms with Gasteiger partial charge < -0.3 is 14.3 Å². The van der Waals surface area contributed by atoms with Crippen LogP contribution in [0.15, 0.2) is 34.9 Å². The Kier molecular flexibility index (Phi) is 6.74. The number of aryl methyl sites for hydroxylation is 1. The second kappa shape index (κ2) is 9.09. The van der Waals surface area contributed by atoms with Gasteiger partial charge in [-0.25, -0.2) is 8.42 Å². The van der Waals surface area contributed by atoms with Crippen molar-refractivity contribution in [2.24, 2.45) is 0 Å². The molecule has 1 unspecified atom stereocenters. The van der Waals surface area contributed by atoms with Gasteiger partial charge in [-0.2, -0.15) is 0 Å². The summed E-state index contributed by atoms with van der Waals surface area (Å²) in [5.74, 6) is -0.0252. The lowest BCUT2D eigenvalue weighted by Crippen LogP contribution is -2.45.